The van der Waals surface area contributed by atoms with E-state index in [9.17, 15) is 14.0 Å². The number of para-hydroxylation sites is 1. The van der Waals surface area contributed by atoms with Crippen molar-refractivity contribution in [1.82, 2.24) is 4.90 Å². The van der Waals surface area contributed by atoms with Crippen molar-refractivity contribution in [3.05, 3.63) is 95.8 Å². The first-order valence-electron chi connectivity index (χ1n) is 11.1. The molecular formula is C27H30FN3O3. The van der Waals surface area contributed by atoms with Crippen LogP contribution in [0.2, 0.25) is 0 Å². The van der Waals surface area contributed by atoms with Crippen LogP contribution in [0, 0.1) is 11.2 Å². The minimum absolute atomic E-state index is 0.101. The molecule has 0 aliphatic carbocycles. The van der Waals surface area contributed by atoms with Crippen LogP contribution in [0.1, 0.15) is 29.8 Å². The van der Waals surface area contributed by atoms with E-state index in [-0.39, 0.29) is 29.4 Å². The van der Waals surface area contributed by atoms with Crippen molar-refractivity contribution in [2.45, 2.75) is 20.4 Å². The summed E-state index contributed by atoms with van der Waals surface area (Å²) >= 11 is 0. The van der Waals surface area contributed by atoms with Gasteiger partial charge in [0.05, 0.1) is 0 Å². The summed E-state index contributed by atoms with van der Waals surface area (Å²) in [4.78, 5) is 27.0. The van der Waals surface area contributed by atoms with Crippen LogP contribution >= 0.6 is 0 Å². The lowest BCUT2D eigenvalue weighted by atomic mass is 9.92. The molecule has 0 heterocycles. The van der Waals surface area contributed by atoms with Crippen molar-refractivity contribution in [3.8, 4) is 5.75 Å². The quantitative estimate of drug-likeness (QED) is 0.465. The number of anilines is 1. The largest absolute Gasteiger partial charge is 0.484 e. The number of carbonyl (C=O) groups is 2. The Labute approximate surface area is 199 Å². The van der Waals surface area contributed by atoms with Crippen molar-refractivity contribution >= 4 is 17.5 Å². The molecule has 0 radical (unpaired) electrons. The molecular weight excluding hydrogens is 433 g/mol. The van der Waals surface area contributed by atoms with Crippen LogP contribution in [-0.4, -0.2) is 36.4 Å². The summed E-state index contributed by atoms with van der Waals surface area (Å²) in [5, 5.41) is 2.79. The van der Waals surface area contributed by atoms with E-state index < -0.39 is 5.82 Å². The zero-order chi connectivity index (χ0) is 24.6. The maximum atomic E-state index is 13.7. The molecule has 3 aromatic rings. The van der Waals surface area contributed by atoms with E-state index >= 15 is 0 Å². The number of nitrogens with zero attached hydrogens (tertiary/aromatic N) is 1. The first-order chi connectivity index (χ1) is 16.3. The zero-order valence-electron chi connectivity index (χ0n) is 19.5. The Hall–Kier alpha value is -3.71. The number of halogens is 1. The van der Waals surface area contributed by atoms with Gasteiger partial charge in [-0.1, -0.05) is 50.2 Å². The Kier molecular flexibility index (Phi) is 8.38. The van der Waals surface area contributed by atoms with Gasteiger partial charge >= 0.3 is 0 Å². The number of ether oxygens (including phenoxy) is 1. The lowest BCUT2D eigenvalue weighted by Crippen LogP contribution is -2.41. The van der Waals surface area contributed by atoms with Gasteiger partial charge in [-0.2, -0.15) is 0 Å². The maximum absolute atomic E-state index is 13.7. The molecule has 0 saturated heterocycles. The molecule has 0 aliphatic rings. The van der Waals surface area contributed by atoms with E-state index in [1.54, 1.807) is 35.2 Å². The van der Waals surface area contributed by atoms with Crippen molar-refractivity contribution in [2.24, 2.45) is 11.1 Å². The summed E-state index contributed by atoms with van der Waals surface area (Å²) < 4.78 is 19.1. The van der Waals surface area contributed by atoms with Gasteiger partial charge in [-0.25, -0.2) is 4.39 Å². The number of nitrogens with one attached hydrogen (secondary N) is 1. The summed E-state index contributed by atoms with van der Waals surface area (Å²) in [7, 11) is 0. The van der Waals surface area contributed by atoms with Crippen LogP contribution in [0.3, 0.4) is 0 Å². The molecule has 7 heteroatoms. The van der Waals surface area contributed by atoms with Gasteiger partial charge in [0.25, 0.3) is 11.8 Å². The van der Waals surface area contributed by atoms with E-state index in [1.807, 2.05) is 44.2 Å². The lowest BCUT2D eigenvalue weighted by molar-refractivity contribution is -0.118. The number of hydrogen-bond donors (Lipinski definition) is 2. The molecule has 2 amide bonds. The summed E-state index contributed by atoms with van der Waals surface area (Å²) in [5.41, 5.74) is 7.36. The van der Waals surface area contributed by atoms with Gasteiger partial charge in [-0.15, -0.1) is 0 Å². The molecule has 0 aromatic heterocycles. The highest BCUT2D eigenvalue weighted by atomic mass is 19.1. The molecule has 0 atom stereocenters. The Bertz CT molecular complexity index is 1100. The van der Waals surface area contributed by atoms with Crippen molar-refractivity contribution in [2.75, 3.05) is 25.0 Å². The summed E-state index contributed by atoms with van der Waals surface area (Å²) in [6.07, 6.45) is 0. The van der Waals surface area contributed by atoms with Gasteiger partial charge in [-0.3, -0.25) is 9.59 Å². The molecule has 0 spiro atoms. The first kappa shape index (κ1) is 24.9. The van der Waals surface area contributed by atoms with Gasteiger partial charge < -0.3 is 20.7 Å². The van der Waals surface area contributed by atoms with Crippen LogP contribution in [0.25, 0.3) is 0 Å². The summed E-state index contributed by atoms with van der Waals surface area (Å²) in [6.45, 7) is 4.99. The topological polar surface area (TPSA) is 84.7 Å². The summed E-state index contributed by atoms with van der Waals surface area (Å²) in [6, 6.07) is 22.0. The second-order valence-corrected chi connectivity index (χ2v) is 8.89. The Morgan fingerprint density at radius 2 is 1.71 bits per heavy atom. The second-order valence-electron chi connectivity index (χ2n) is 8.89. The SMILES string of the molecule is CC(C)(CN)CN(Cc1ccc(NC(=O)COc2ccccc2)cc1)C(=O)c1cccc(F)c1. The van der Waals surface area contributed by atoms with Crippen molar-refractivity contribution in [3.63, 3.8) is 0 Å². The lowest BCUT2D eigenvalue weighted by Gasteiger charge is -2.32. The van der Waals surface area contributed by atoms with Crippen LogP contribution in [-0.2, 0) is 11.3 Å². The van der Waals surface area contributed by atoms with Gasteiger partial charge in [0.2, 0.25) is 0 Å². The summed E-state index contributed by atoms with van der Waals surface area (Å²) in [5.74, 6) is -0.377. The van der Waals surface area contributed by atoms with Gasteiger partial charge in [0.15, 0.2) is 6.61 Å². The molecule has 0 fully saturated rings. The molecule has 0 saturated carbocycles. The van der Waals surface area contributed by atoms with Crippen LogP contribution in [0.5, 0.6) is 5.75 Å². The third kappa shape index (κ3) is 7.42. The Balaban J connectivity index is 1.65. The van der Waals surface area contributed by atoms with Crippen molar-refractivity contribution < 1.29 is 18.7 Å². The van der Waals surface area contributed by atoms with E-state index in [4.69, 9.17) is 10.5 Å². The fourth-order valence-corrected chi connectivity index (χ4v) is 3.36. The van der Waals surface area contributed by atoms with E-state index in [2.05, 4.69) is 5.32 Å². The fourth-order valence-electron chi connectivity index (χ4n) is 3.36. The van der Waals surface area contributed by atoms with E-state index in [0.29, 0.717) is 31.1 Å². The normalized spacial score (nSPS) is 11.1. The van der Waals surface area contributed by atoms with Crippen LogP contribution in [0.4, 0.5) is 10.1 Å². The Morgan fingerprint density at radius 3 is 2.35 bits per heavy atom. The van der Waals surface area contributed by atoms with Crippen molar-refractivity contribution in [1.29, 1.82) is 0 Å². The molecule has 0 unspecified atom stereocenters. The van der Waals surface area contributed by atoms with E-state index in [1.165, 1.54) is 18.2 Å². The highest BCUT2D eigenvalue weighted by Crippen LogP contribution is 2.21. The molecule has 34 heavy (non-hydrogen) atoms. The first-order valence-corrected chi connectivity index (χ1v) is 11.1. The standard InChI is InChI=1S/C27H30FN3O3/c1-27(2,18-29)19-31(26(33)21-7-6-8-22(28)15-21)16-20-11-13-23(14-12-20)30-25(32)17-34-24-9-4-3-5-10-24/h3-15H,16-19,29H2,1-2H3,(H,30,32). The Morgan fingerprint density at radius 1 is 1.00 bits per heavy atom. The molecule has 0 bridgehead atoms. The number of hydrogen-bond acceptors (Lipinski definition) is 4. The molecule has 3 N–H and O–H groups in total. The maximum Gasteiger partial charge on any atom is 0.262 e. The minimum Gasteiger partial charge on any atom is -0.484 e. The number of carbonyl (C=O) groups excluding carboxylic acids is 2. The average molecular weight is 464 g/mol. The monoisotopic (exact) mass is 463 g/mol. The molecule has 0 aliphatic heterocycles. The number of amides is 2. The van der Waals surface area contributed by atoms with Gasteiger partial charge in [0, 0.05) is 24.3 Å². The molecule has 3 aromatic carbocycles. The highest BCUT2D eigenvalue weighted by molar-refractivity contribution is 5.94. The smallest absolute Gasteiger partial charge is 0.262 e. The zero-order valence-corrected chi connectivity index (χ0v) is 19.5. The molecule has 6 nitrogen and oxygen atoms in total. The van der Waals surface area contributed by atoms with Gasteiger partial charge in [-0.05, 0) is 60.0 Å². The third-order valence-corrected chi connectivity index (χ3v) is 5.25. The van der Waals surface area contributed by atoms with Crippen LogP contribution in [0.15, 0.2) is 78.9 Å². The highest BCUT2D eigenvalue weighted by Gasteiger charge is 2.25. The fraction of sp³-hybridized carbons (Fsp3) is 0.259. The number of nitrogens with two attached hydrogens (primary N) is 1. The molecule has 178 valence electrons. The predicted octanol–water partition coefficient (Wildman–Crippen LogP) is 4.47. The predicted molar refractivity (Wildman–Crippen MR) is 131 cm³/mol. The average Bonchev–Trinajstić information content (AvgIpc) is 2.83. The number of rotatable bonds is 10. The van der Waals surface area contributed by atoms with E-state index in [0.717, 1.165) is 5.56 Å². The second kappa shape index (κ2) is 11.4. The molecule has 3 rings (SSSR count). The van der Waals surface area contributed by atoms with Crippen LogP contribution < -0.4 is 15.8 Å². The minimum atomic E-state index is -0.458. The van der Waals surface area contributed by atoms with Gasteiger partial charge in [0.1, 0.15) is 11.6 Å². The third-order valence-electron chi connectivity index (χ3n) is 5.25. The number of benzene rings is 3.